The highest BCUT2D eigenvalue weighted by molar-refractivity contribution is 6.00. The van der Waals surface area contributed by atoms with E-state index in [0.29, 0.717) is 18.9 Å². The number of benzene rings is 1. The number of amidine groups is 1. The maximum Gasteiger partial charge on any atom is 0.255 e. The Labute approximate surface area is 120 Å². The van der Waals surface area contributed by atoms with Crippen LogP contribution in [0.4, 0.5) is 8.78 Å². The fourth-order valence-electron chi connectivity index (χ4n) is 2.65. The Bertz CT molecular complexity index is 569. The zero-order valence-corrected chi connectivity index (χ0v) is 11.4. The van der Waals surface area contributed by atoms with Crippen molar-refractivity contribution in [1.82, 2.24) is 5.32 Å². The van der Waals surface area contributed by atoms with Crippen molar-refractivity contribution in [3.63, 3.8) is 0 Å². The number of nitrogens with two attached hydrogens (primary N) is 1. The van der Waals surface area contributed by atoms with Gasteiger partial charge in [0.1, 0.15) is 17.2 Å². The summed E-state index contributed by atoms with van der Waals surface area (Å²) in [6, 6.07) is 2.73. The molecule has 0 aromatic heterocycles. The van der Waals surface area contributed by atoms with Crippen molar-refractivity contribution >= 4 is 11.7 Å². The van der Waals surface area contributed by atoms with Crippen LogP contribution in [0.25, 0.3) is 0 Å². The number of rotatable bonds is 3. The maximum absolute atomic E-state index is 13.7. The van der Waals surface area contributed by atoms with E-state index in [1.54, 1.807) is 0 Å². The Morgan fingerprint density at radius 1 is 1.29 bits per heavy atom. The topological polar surface area (TPSA) is 87.7 Å². The Morgan fingerprint density at radius 2 is 1.95 bits per heavy atom. The first-order valence-electron chi connectivity index (χ1n) is 6.74. The van der Waals surface area contributed by atoms with Gasteiger partial charge in [-0.05, 0) is 25.0 Å². The smallest absolute Gasteiger partial charge is 0.255 e. The molecule has 0 aliphatic heterocycles. The third-order valence-corrected chi connectivity index (χ3v) is 3.83. The summed E-state index contributed by atoms with van der Waals surface area (Å²) in [5, 5.41) is 14.6. The van der Waals surface area contributed by atoms with Crippen LogP contribution >= 0.6 is 0 Å². The highest BCUT2D eigenvalue weighted by Crippen LogP contribution is 2.29. The summed E-state index contributed by atoms with van der Waals surface area (Å²) in [7, 11) is 0. The molecule has 0 radical (unpaired) electrons. The molecule has 114 valence electrons. The number of carbonyl (C=O) groups excluding carboxylic acids is 1. The number of carbonyl (C=O) groups is 1. The molecule has 2 rings (SSSR count). The minimum Gasteiger partial charge on any atom is -0.409 e. The predicted molar refractivity (Wildman–Crippen MR) is 73.0 cm³/mol. The standard InChI is InChI=1S/C14H17F2N3O2/c15-9-4-5-10(11(16)8-9)12(20)18-14(13(17)19-21)6-2-1-3-7-14/h4-5,8,21H,1-3,6-7H2,(H2,17,19)(H,18,20). The molecular weight excluding hydrogens is 280 g/mol. The monoisotopic (exact) mass is 297 g/mol. The molecule has 0 spiro atoms. The van der Waals surface area contributed by atoms with Crippen molar-refractivity contribution in [1.29, 1.82) is 0 Å². The van der Waals surface area contributed by atoms with Crippen LogP contribution in [-0.4, -0.2) is 22.5 Å². The van der Waals surface area contributed by atoms with Gasteiger partial charge in [-0.15, -0.1) is 0 Å². The van der Waals surface area contributed by atoms with Gasteiger partial charge in [-0.1, -0.05) is 24.4 Å². The molecule has 0 bridgehead atoms. The van der Waals surface area contributed by atoms with Crippen molar-refractivity contribution in [3.8, 4) is 0 Å². The molecule has 1 amide bonds. The fraction of sp³-hybridized carbons (Fsp3) is 0.429. The van der Waals surface area contributed by atoms with Gasteiger partial charge >= 0.3 is 0 Å². The van der Waals surface area contributed by atoms with Gasteiger partial charge in [-0.3, -0.25) is 4.79 Å². The number of hydrogen-bond donors (Lipinski definition) is 3. The first-order valence-corrected chi connectivity index (χ1v) is 6.74. The molecular formula is C14H17F2N3O2. The fourth-order valence-corrected chi connectivity index (χ4v) is 2.65. The summed E-state index contributed by atoms with van der Waals surface area (Å²) in [4.78, 5) is 12.2. The zero-order valence-electron chi connectivity index (χ0n) is 11.4. The molecule has 4 N–H and O–H groups in total. The molecule has 5 nitrogen and oxygen atoms in total. The quantitative estimate of drug-likeness (QED) is 0.346. The Morgan fingerprint density at radius 3 is 2.52 bits per heavy atom. The first-order chi connectivity index (χ1) is 9.98. The number of hydrogen-bond acceptors (Lipinski definition) is 3. The SMILES string of the molecule is N/C(=N/O)C1(NC(=O)c2ccc(F)cc2F)CCCCC1. The van der Waals surface area contributed by atoms with Crippen LogP contribution in [0.5, 0.6) is 0 Å². The van der Waals surface area contributed by atoms with Crippen LogP contribution < -0.4 is 11.1 Å². The molecule has 0 heterocycles. The van der Waals surface area contributed by atoms with Crippen LogP contribution in [0, 0.1) is 11.6 Å². The minimum atomic E-state index is -0.981. The second kappa shape index (κ2) is 6.07. The summed E-state index contributed by atoms with van der Waals surface area (Å²) in [5.74, 6) is -2.51. The molecule has 1 aromatic carbocycles. The van der Waals surface area contributed by atoms with Gasteiger partial charge in [0.05, 0.1) is 5.56 Å². The van der Waals surface area contributed by atoms with E-state index in [1.165, 1.54) is 0 Å². The van der Waals surface area contributed by atoms with Crippen molar-refractivity contribution < 1.29 is 18.8 Å². The van der Waals surface area contributed by atoms with Crippen LogP contribution in [0.3, 0.4) is 0 Å². The minimum absolute atomic E-state index is 0.0990. The van der Waals surface area contributed by atoms with E-state index in [1.807, 2.05) is 0 Å². The first kappa shape index (κ1) is 15.2. The van der Waals surface area contributed by atoms with Crippen LogP contribution in [0.15, 0.2) is 23.4 Å². The largest absolute Gasteiger partial charge is 0.409 e. The lowest BCUT2D eigenvalue weighted by molar-refractivity contribution is 0.0901. The lowest BCUT2D eigenvalue weighted by Crippen LogP contribution is -2.58. The zero-order chi connectivity index (χ0) is 15.5. The third kappa shape index (κ3) is 3.12. The van der Waals surface area contributed by atoms with Crippen LogP contribution in [-0.2, 0) is 0 Å². The molecule has 1 aromatic rings. The Kier molecular flexibility index (Phi) is 4.40. The van der Waals surface area contributed by atoms with Crippen LogP contribution in [0.1, 0.15) is 42.5 Å². The summed E-state index contributed by atoms with van der Waals surface area (Å²) in [5.41, 5.74) is 4.45. The van der Waals surface area contributed by atoms with E-state index < -0.39 is 23.1 Å². The van der Waals surface area contributed by atoms with Gasteiger partial charge in [-0.2, -0.15) is 0 Å². The second-order valence-corrected chi connectivity index (χ2v) is 5.21. The molecule has 1 aliphatic rings. The number of nitrogens with zero attached hydrogens (tertiary/aromatic N) is 1. The molecule has 21 heavy (non-hydrogen) atoms. The maximum atomic E-state index is 13.7. The molecule has 1 aliphatic carbocycles. The normalized spacial score (nSPS) is 18.3. The second-order valence-electron chi connectivity index (χ2n) is 5.21. The van der Waals surface area contributed by atoms with Gasteiger partial charge in [0, 0.05) is 6.07 Å². The summed E-state index contributed by atoms with van der Waals surface area (Å²) in [6.07, 6.45) is 3.63. The van der Waals surface area contributed by atoms with Gasteiger partial charge in [0.25, 0.3) is 5.91 Å². The lowest BCUT2D eigenvalue weighted by atomic mass is 9.80. The van der Waals surface area contributed by atoms with E-state index in [4.69, 9.17) is 10.9 Å². The van der Waals surface area contributed by atoms with E-state index in [0.717, 1.165) is 31.4 Å². The van der Waals surface area contributed by atoms with E-state index >= 15 is 0 Å². The van der Waals surface area contributed by atoms with Crippen molar-refractivity contribution in [2.75, 3.05) is 0 Å². The van der Waals surface area contributed by atoms with E-state index in [-0.39, 0.29) is 11.4 Å². The molecule has 0 saturated heterocycles. The highest BCUT2D eigenvalue weighted by Gasteiger charge is 2.38. The third-order valence-electron chi connectivity index (χ3n) is 3.83. The molecule has 1 saturated carbocycles. The Hall–Kier alpha value is -2.18. The molecule has 0 atom stereocenters. The van der Waals surface area contributed by atoms with Crippen LogP contribution in [0.2, 0.25) is 0 Å². The molecule has 1 fully saturated rings. The van der Waals surface area contributed by atoms with Crippen molar-refractivity contribution in [3.05, 3.63) is 35.4 Å². The lowest BCUT2D eigenvalue weighted by Gasteiger charge is -2.36. The van der Waals surface area contributed by atoms with Crippen molar-refractivity contribution in [2.45, 2.75) is 37.6 Å². The highest BCUT2D eigenvalue weighted by atomic mass is 19.1. The van der Waals surface area contributed by atoms with Gasteiger partial charge in [0.15, 0.2) is 5.84 Å². The number of nitrogens with one attached hydrogen (secondary N) is 1. The van der Waals surface area contributed by atoms with E-state index in [9.17, 15) is 13.6 Å². The predicted octanol–water partition coefficient (Wildman–Crippen LogP) is 2.14. The summed E-state index contributed by atoms with van der Waals surface area (Å²) in [6.45, 7) is 0. The summed E-state index contributed by atoms with van der Waals surface area (Å²) >= 11 is 0. The molecule has 0 unspecified atom stereocenters. The van der Waals surface area contributed by atoms with Gasteiger partial charge in [-0.25, -0.2) is 8.78 Å². The van der Waals surface area contributed by atoms with E-state index in [2.05, 4.69) is 10.5 Å². The molecule has 7 heteroatoms. The average Bonchev–Trinajstić information content (AvgIpc) is 2.47. The van der Waals surface area contributed by atoms with Crippen molar-refractivity contribution in [2.24, 2.45) is 10.9 Å². The van der Waals surface area contributed by atoms with Gasteiger partial charge in [0.2, 0.25) is 0 Å². The summed E-state index contributed by atoms with van der Waals surface area (Å²) < 4.78 is 26.5. The number of oxime groups is 1. The number of halogens is 2. The van der Waals surface area contributed by atoms with Gasteiger partial charge < -0.3 is 16.3 Å². The average molecular weight is 297 g/mol. The number of amides is 1. The Balaban J connectivity index is 2.26.